The van der Waals surface area contributed by atoms with Gasteiger partial charge in [0.2, 0.25) is 0 Å². The number of carbonyl (C=O) groups is 1. The fourth-order valence-corrected chi connectivity index (χ4v) is 3.55. The number of allylic oxidation sites excluding steroid dienone is 2. The van der Waals surface area contributed by atoms with E-state index in [0.29, 0.717) is 24.2 Å². The fraction of sp³-hybridized carbons (Fsp3) is 0.636. The van der Waals surface area contributed by atoms with Crippen LogP contribution in [0.25, 0.3) is 0 Å². The molecule has 1 aliphatic heterocycles. The minimum Gasteiger partial charge on any atom is -0.459 e. The van der Waals surface area contributed by atoms with Crippen LogP contribution in [0.2, 0.25) is 0 Å². The molecule has 2 heterocycles. The first-order valence-corrected chi connectivity index (χ1v) is 10.1. The summed E-state index contributed by atoms with van der Waals surface area (Å²) in [5, 5.41) is 0. The number of cyclic esters (lactones) is 1. The molecule has 0 bridgehead atoms. The molecule has 4 nitrogen and oxygen atoms in total. The van der Waals surface area contributed by atoms with Crippen LogP contribution in [0.1, 0.15) is 93.3 Å². The van der Waals surface area contributed by atoms with Crippen LogP contribution in [0.4, 0.5) is 0 Å². The molecule has 1 atom stereocenters. The number of hydrogen-bond donors (Lipinski definition) is 0. The third kappa shape index (κ3) is 6.47. The van der Waals surface area contributed by atoms with Crippen LogP contribution in [-0.4, -0.2) is 12.1 Å². The largest absolute Gasteiger partial charge is 0.459 e. The first-order valence-electron chi connectivity index (χ1n) is 10.1. The zero-order chi connectivity index (χ0) is 18.8. The molecule has 4 heteroatoms. The Bertz CT molecular complexity index is 657. The minimum atomic E-state index is -0.362. The fourth-order valence-electron chi connectivity index (χ4n) is 3.55. The normalized spacial score (nSPS) is 16.7. The summed E-state index contributed by atoms with van der Waals surface area (Å²) in [4.78, 5) is 23.9. The van der Waals surface area contributed by atoms with Gasteiger partial charge in [-0.05, 0) is 38.7 Å². The van der Waals surface area contributed by atoms with Gasteiger partial charge in [-0.15, -0.1) is 0 Å². The monoisotopic (exact) mass is 360 g/mol. The van der Waals surface area contributed by atoms with Crippen molar-refractivity contribution in [3.8, 4) is 0 Å². The number of unbranched alkanes of at least 4 members (excludes halogenated alkanes) is 8. The predicted molar refractivity (Wildman–Crippen MR) is 104 cm³/mol. The van der Waals surface area contributed by atoms with Gasteiger partial charge in [0.05, 0.1) is 0 Å². The Hall–Kier alpha value is -1.84. The Kier molecular flexibility index (Phi) is 8.66. The molecule has 0 aliphatic carbocycles. The molecule has 1 aromatic rings. The number of aryl methyl sites for hydroxylation is 1. The second-order valence-corrected chi connectivity index (χ2v) is 7.25. The van der Waals surface area contributed by atoms with Crippen LogP contribution < -0.4 is 5.63 Å². The second-order valence-electron chi connectivity index (χ2n) is 7.25. The van der Waals surface area contributed by atoms with E-state index in [1.807, 2.05) is 6.92 Å². The molecule has 26 heavy (non-hydrogen) atoms. The van der Waals surface area contributed by atoms with Crippen LogP contribution >= 0.6 is 0 Å². The van der Waals surface area contributed by atoms with Crippen molar-refractivity contribution in [2.75, 3.05) is 0 Å². The summed E-state index contributed by atoms with van der Waals surface area (Å²) in [5.41, 5.74) is 0.903. The first-order chi connectivity index (χ1) is 12.6. The van der Waals surface area contributed by atoms with Crippen molar-refractivity contribution in [2.24, 2.45) is 0 Å². The van der Waals surface area contributed by atoms with E-state index < -0.39 is 0 Å². The molecule has 0 unspecified atom stereocenters. The molecule has 1 aliphatic rings. The number of esters is 1. The van der Waals surface area contributed by atoms with Gasteiger partial charge in [0, 0.05) is 18.9 Å². The molecule has 0 radical (unpaired) electrons. The van der Waals surface area contributed by atoms with Crippen LogP contribution in [-0.2, 0) is 17.6 Å². The molecule has 0 fully saturated rings. The maximum Gasteiger partial charge on any atom is 0.342 e. The minimum absolute atomic E-state index is 0.178. The number of hydrogen-bond acceptors (Lipinski definition) is 4. The van der Waals surface area contributed by atoms with Gasteiger partial charge in [-0.3, -0.25) is 0 Å². The summed E-state index contributed by atoms with van der Waals surface area (Å²) in [6.45, 7) is 3.91. The predicted octanol–water partition coefficient (Wildman–Crippen LogP) is 5.37. The van der Waals surface area contributed by atoms with E-state index in [-0.39, 0.29) is 17.7 Å². The summed E-state index contributed by atoms with van der Waals surface area (Å²) < 4.78 is 10.6. The standard InChI is InChI=1S/C22H32O4/c1-3-4-5-6-7-8-9-10-11-12-13-14-19-21-18(16-20(23)26-19)15-17(2)25-22(21)24/h3-4,16-17H,5-15H2,1-2H3/b4-3+/t17-/m0/s1. The summed E-state index contributed by atoms with van der Waals surface area (Å²) in [6.07, 6.45) is 16.3. The lowest BCUT2D eigenvalue weighted by atomic mass is 9.97. The quantitative estimate of drug-likeness (QED) is 0.302. The molecular formula is C22H32O4. The zero-order valence-corrected chi connectivity index (χ0v) is 16.2. The molecule has 2 rings (SSSR count). The van der Waals surface area contributed by atoms with E-state index in [1.165, 1.54) is 51.0 Å². The van der Waals surface area contributed by atoms with E-state index in [9.17, 15) is 9.59 Å². The van der Waals surface area contributed by atoms with E-state index in [2.05, 4.69) is 19.1 Å². The van der Waals surface area contributed by atoms with Gasteiger partial charge in [0.1, 0.15) is 17.4 Å². The number of rotatable bonds is 11. The summed E-state index contributed by atoms with van der Waals surface area (Å²) in [7, 11) is 0. The van der Waals surface area contributed by atoms with Gasteiger partial charge >= 0.3 is 11.6 Å². The highest BCUT2D eigenvalue weighted by Gasteiger charge is 2.28. The topological polar surface area (TPSA) is 56.5 Å². The van der Waals surface area contributed by atoms with Crippen LogP contribution in [0.5, 0.6) is 0 Å². The van der Waals surface area contributed by atoms with Crippen LogP contribution in [0.3, 0.4) is 0 Å². The number of ether oxygens (including phenoxy) is 1. The number of carbonyl (C=O) groups excluding carboxylic acids is 1. The van der Waals surface area contributed by atoms with Gasteiger partial charge in [-0.25, -0.2) is 9.59 Å². The van der Waals surface area contributed by atoms with Crippen molar-refractivity contribution in [1.82, 2.24) is 0 Å². The molecule has 1 aromatic heterocycles. The molecule has 0 spiro atoms. The van der Waals surface area contributed by atoms with Crippen molar-refractivity contribution < 1.29 is 13.9 Å². The van der Waals surface area contributed by atoms with E-state index in [4.69, 9.17) is 9.15 Å². The smallest absolute Gasteiger partial charge is 0.342 e. The Morgan fingerprint density at radius 2 is 1.69 bits per heavy atom. The zero-order valence-electron chi connectivity index (χ0n) is 16.2. The Morgan fingerprint density at radius 1 is 1.04 bits per heavy atom. The van der Waals surface area contributed by atoms with Crippen molar-refractivity contribution >= 4 is 5.97 Å². The van der Waals surface area contributed by atoms with Gasteiger partial charge in [-0.1, -0.05) is 50.7 Å². The molecular weight excluding hydrogens is 328 g/mol. The third-order valence-corrected chi connectivity index (χ3v) is 4.90. The molecule has 144 valence electrons. The lowest BCUT2D eigenvalue weighted by molar-refractivity contribution is 0.0293. The third-order valence-electron chi connectivity index (χ3n) is 4.90. The summed E-state index contributed by atoms with van der Waals surface area (Å²) in [5.74, 6) is 0.156. The Balaban J connectivity index is 1.69. The summed E-state index contributed by atoms with van der Waals surface area (Å²) >= 11 is 0. The lowest BCUT2D eigenvalue weighted by Gasteiger charge is -2.22. The van der Waals surface area contributed by atoms with E-state index in [0.717, 1.165) is 18.4 Å². The average Bonchev–Trinajstić information content (AvgIpc) is 2.58. The molecule has 0 saturated heterocycles. The van der Waals surface area contributed by atoms with E-state index in [1.54, 1.807) is 0 Å². The van der Waals surface area contributed by atoms with Crippen molar-refractivity contribution in [3.63, 3.8) is 0 Å². The molecule has 0 amide bonds. The maximum absolute atomic E-state index is 12.1. The second kappa shape index (κ2) is 11.0. The Morgan fingerprint density at radius 3 is 2.38 bits per heavy atom. The van der Waals surface area contributed by atoms with Crippen LogP contribution in [0, 0.1) is 0 Å². The van der Waals surface area contributed by atoms with Crippen molar-refractivity contribution in [3.05, 3.63) is 45.5 Å². The first kappa shape index (κ1) is 20.5. The average molecular weight is 360 g/mol. The van der Waals surface area contributed by atoms with Crippen LogP contribution in [0.15, 0.2) is 27.4 Å². The summed E-state index contributed by atoms with van der Waals surface area (Å²) in [6, 6.07) is 1.44. The van der Waals surface area contributed by atoms with Crippen molar-refractivity contribution in [1.29, 1.82) is 0 Å². The highest BCUT2D eigenvalue weighted by Crippen LogP contribution is 2.24. The van der Waals surface area contributed by atoms with Gasteiger partial charge < -0.3 is 9.15 Å². The molecule has 0 aromatic carbocycles. The van der Waals surface area contributed by atoms with Crippen molar-refractivity contribution in [2.45, 2.75) is 90.6 Å². The molecule has 0 N–H and O–H groups in total. The lowest BCUT2D eigenvalue weighted by Crippen LogP contribution is -2.28. The Labute approximate surface area is 156 Å². The maximum atomic E-state index is 12.1. The van der Waals surface area contributed by atoms with Gasteiger partial charge in [0.15, 0.2) is 0 Å². The molecule has 0 saturated carbocycles. The number of fused-ring (bicyclic) bond motifs is 1. The van der Waals surface area contributed by atoms with Gasteiger partial charge in [0.25, 0.3) is 0 Å². The highest BCUT2D eigenvalue weighted by molar-refractivity contribution is 5.93. The van der Waals surface area contributed by atoms with Gasteiger partial charge in [-0.2, -0.15) is 0 Å². The highest BCUT2D eigenvalue weighted by atomic mass is 16.5. The van der Waals surface area contributed by atoms with E-state index >= 15 is 0 Å². The SMILES string of the molecule is C/C=C/CCCCCCCCCCc1oc(=O)cc2c1C(=O)O[C@@H](C)C2.